The van der Waals surface area contributed by atoms with Crippen LogP contribution in [0.2, 0.25) is 0 Å². The fraction of sp³-hybridized carbons (Fsp3) is 0.150. The second-order valence-electron chi connectivity index (χ2n) is 6.02. The van der Waals surface area contributed by atoms with Gasteiger partial charge in [0.15, 0.2) is 16.4 Å². The molecule has 6 nitrogen and oxygen atoms in total. The third kappa shape index (κ3) is 4.28. The van der Waals surface area contributed by atoms with Crippen molar-refractivity contribution in [1.82, 2.24) is 0 Å². The number of rotatable bonds is 6. The summed E-state index contributed by atoms with van der Waals surface area (Å²) in [5.41, 5.74) is 0.0145. The van der Waals surface area contributed by atoms with Crippen LogP contribution in [-0.4, -0.2) is 31.8 Å². The number of carbonyl (C=O) groups is 1. The Morgan fingerprint density at radius 2 is 1.89 bits per heavy atom. The Morgan fingerprint density at radius 1 is 1.14 bits per heavy atom. The Hall–Kier alpha value is -2.58. The maximum absolute atomic E-state index is 12.2. The fourth-order valence-corrected chi connectivity index (χ4v) is 4.14. The predicted octanol–water partition coefficient (Wildman–Crippen LogP) is 4.12. The minimum atomic E-state index is -3.45. The van der Waals surface area contributed by atoms with Gasteiger partial charge in [0, 0.05) is 0 Å². The third-order valence-electron chi connectivity index (χ3n) is 4.17. The molecule has 0 aromatic heterocycles. The summed E-state index contributed by atoms with van der Waals surface area (Å²) in [5, 5.41) is 14.4. The summed E-state index contributed by atoms with van der Waals surface area (Å²) in [7, 11) is -3.45. The van der Waals surface area contributed by atoms with Crippen LogP contribution in [0, 0.1) is 0 Å². The molecular weight excluding hydrogens is 446 g/mol. The Kier molecular flexibility index (Phi) is 5.90. The number of ether oxygens (including phenoxy) is 1. The highest BCUT2D eigenvalue weighted by Crippen LogP contribution is 2.33. The van der Waals surface area contributed by atoms with Gasteiger partial charge < -0.3 is 15.2 Å². The van der Waals surface area contributed by atoms with Crippen LogP contribution in [0.4, 0.5) is 5.69 Å². The van der Waals surface area contributed by atoms with Crippen LogP contribution in [0.3, 0.4) is 0 Å². The number of carbonyl (C=O) groups excluding carboxylic acids is 1. The van der Waals surface area contributed by atoms with Gasteiger partial charge >= 0.3 is 0 Å². The first-order valence-corrected chi connectivity index (χ1v) is 10.9. The highest BCUT2D eigenvalue weighted by atomic mass is 79.9. The van der Waals surface area contributed by atoms with Crippen molar-refractivity contribution < 1.29 is 23.1 Å². The van der Waals surface area contributed by atoms with E-state index >= 15 is 0 Å². The number of halogens is 1. The molecule has 0 aliphatic heterocycles. The summed E-state index contributed by atoms with van der Waals surface area (Å²) >= 11 is 3.49. The quantitative estimate of drug-likeness (QED) is 0.536. The van der Waals surface area contributed by atoms with Crippen molar-refractivity contribution in [3.05, 3.63) is 59.1 Å². The number of phenolic OH excluding ortho intramolecular Hbond substituents is 1. The zero-order chi connectivity index (χ0) is 20.3. The number of sulfone groups is 1. The Balaban J connectivity index is 1.73. The number of nitrogens with one attached hydrogen (secondary N) is 1. The number of benzene rings is 3. The van der Waals surface area contributed by atoms with E-state index < -0.39 is 15.7 Å². The average Bonchev–Trinajstić information content (AvgIpc) is 2.69. The van der Waals surface area contributed by atoms with E-state index in [0.717, 1.165) is 15.2 Å². The minimum Gasteiger partial charge on any atom is -0.506 e. The van der Waals surface area contributed by atoms with Crippen LogP contribution in [0.15, 0.2) is 64.0 Å². The van der Waals surface area contributed by atoms with Gasteiger partial charge in [-0.05, 0) is 51.0 Å². The summed E-state index contributed by atoms with van der Waals surface area (Å²) in [4.78, 5) is 12.3. The highest BCUT2D eigenvalue weighted by molar-refractivity contribution is 9.10. The van der Waals surface area contributed by atoms with Gasteiger partial charge in [-0.2, -0.15) is 0 Å². The predicted molar refractivity (Wildman–Crippen MR) is 112 cm³/mol. The largest absolute Gasteiger partial charge is 0.506 e. The molecule has 0 aliphatic carbocycles. The van der Waals surface area contributed by atoms with E-state index in [1.165, 1.54) is 25.1 Å². The maximum Gasteiger partial charge on any atom is 0.262 e. The van der Waals surface area contributed by atoms with E-state index in [-0.39, 0.29) is 28.7 Å². The van der Waals surface area contributed by atoms with Gasteiger partial charge in [-0.1, -0.05) is 37.3 Å². The first-order chi connectivity index (χ1) is 13.3. The van der Waals surface area contributed by atoms with Crippen molar-refractivity contribution in [2.24, 2.45) is 0 Å². The molecule has 0 aliphatic rings. The molecule has 0 radical (unpaired) electrons. The standard InChI is InChI=1S/C20H18BrNO5S/c1-2-28(25,26)14-8-9-17(23)16(11-14)22-19(24)12-27-18-10-7-13-5-3-4-6-15(13)20(18)21/h3-11,23H,2,12H2,1H3,(H,22,24). The van der Waals surface area contributed by atoms with Crippen molar-refractivity contribution in [3.8, 4) is 11.5 Å². The van der Waals surface area contributed by atoms with Crippen molar-refractivity contribution in [2.45, 2.75) is 11.8 Å². The molecule has 3 aromatic rings. The first-order valence-electron chi connectivity index (χ1n) is 8.47. The number of fused-ring (bicyclic) bond motifs is 1. The summed E-state index contributed by atoms with van der Waals surface area (Å²) < 4.78 is 30.3. The van der Waals surface area contributed by atoms with Crippen LogP contribution >= 0.6 is 15.9 Å². The first kappa shape index (κ1) is 20.2. The molecule has 0 spiro atoms. The van der Waals surface area contributed by atoms with Crippen LogP contribution in [-0.2, 0) is 14.6 Å². The van der Waals surface area contributed by atoms with Crippen LogP contribution in [0.5, 0.6) is 11.5 Å². The molecule has 2 N–H and O–H groups in total. The van der Waals surface area contributed by atoms with Gasteiger partial charge in [0.25, 0.3) is 5.91 Å². The molecule has 0 saturated carbocycles. The monoisotopic (exact) mass is 463 g/mol. The van der Waals surface area contributed by atoms with Gasteiger partial charge in [0.2, 0.25) is 0 Å². The highest BCUT2D eigenvalue weighted by Gasteiger charge is 2.16. The number of aromatic hydroxyl groups is 1. The molecule has 0 atom stereocenters. The van der Waals surface area contributed by atoms with E-state index in [4.69, 9.17) is 4.74 Å². The van der Waals surface area contributed by atoms with Gasteiger partial charge in [-0.15, -0.1) is 0 Å². The lowest BCUT2D eigenvalue weighted by molar-refractivity contribution is -0.118. The maximum atomic E-state index is 12.2. The van der Waals surface area contributed by atoms with Gasteiger partial charge in [0.1, 0.15) is 11.5 Å². The minimum absolute atomic E-state index is 0.0145. The Morgan fingerprint density at radius 3 is 2.64 bits per heavy atom. The molecule has 3 aromatic carbocycles. The van der Waals surface area contributed by atoms with E-state index in [1.54, 1.807) is 6.07 Å². The van der Waals surface area contributed by atoms with Gasteiger partial charge in [-0.3, -0.25) is 4.79 Å². The molecular formula is C20H18BrNO5S. The van der Waals surface area contributed by atoms with Crippen LogP contribution in [0.1, 0.15) is 6.92 Å². The van der Waals surface area contributed by atoms with Crippen LogP contribution in [0.25, 0.3) is 10.8 Å². The summed E-state index contributed by atoms with van der Waals surface area (Å²) in [6, 6.07) is 15.2. The smallest absolute Gasteiger partial charge is 0.262 e. The summed E-state index contributed by atoms with van der Waals surface area (Å²) in [6.07, 6.45) is 0. The van der Waals surface area contributed by atoms with Crippen molar-refractivity contribution in [2.75, 3.05) is 17.7 Å². The lowest BCUT2D eigenvalue weighted by atomic mass is 10.1. The number of anilines is 1. The van der Waals surface area contributed by atoms with Crippen LogP contribution < -0.4 is 10.1 Å². The molecule has 0 bridgehead atoms. The van der Waals surface area contributed by atoms with E-state index in [1.807, 2.05) is 30.3 Å². The van der Waals surface area contributed by atoms with E-state index in [2.05, 4.69) is 21.2 Å². The van der Waals surface area contributed by atoms with E-state index in [0.29, 0.717) is 5.75 Å². The zero-order valence-electron chi connectivity index (χ0n) is 15.0. The Labute approximate surface area is 171 Å². The molecule has 0 unspecified atom stereocenters. The fourth-order valence-electron chi connectivity index (χ4n) is 2.63. The molecule has 3 rings (SSSR count). The molecule has 0 heterocycles. The normalized spacial score (nSPS) is 11.4. The molecule has 1 amide bonds. The number of phenols is 1. The molecule has 28 heavy (non-hydrogen) atoms. The number of amides is 1. The molecule has 8 heteroatoms. The van der Waals surface area contributed by atoms with Gasteiger partial charge in [0.05, 0.1) is 20.8 Å². The molecule has 0 saturated heterocycles. The number of hydrogen-bond donors (Lipinski definition) is 2. The molecule has 0 fully saturated rings. The second kappa shape index (κ2) is 8.20. The lowest BCUT2D eigenvalue weighted by Crippen LogP contribution is -2.20. The summed E-state index contributed by atoms with van der Waals surface area (Å²) in [5.74, 6) is -0.332. The Bertz CT molecular complexity index is 1140. The van der Waals surface area contributed by atoms with Crippen molar-refractivity contribution in [3.63, 3.8) is 0 Å². The average molecular weight is 464 g/mol. The SMILES string of the molecule is CCS(=O)(=O)c1ccc(O)c(NC(=O)COc2ccc3ccccc3c2Br)c1. The van der Waals surface area contributed by atoms with E-state index in [9.17, 15) is 18.3 Å². The van der Waals surface area contributed by atoms with Crippen molar-refractivity contribution in [1.29, 1.82) is 0 Å². The van der Waals surface area contributed by atoms with Gasteiger partial charge in [-0.25, -0.2) is 8.42 Å². The lowest BCUT2D eigenvalue weighted by Gasteiger charge is -2.12. The topological polar surface area (TPSA) is 92.7 Å². The summed E-state index contributed by atoms with van der Waals surface area (Å²) in [6.45, 7) is 1.22. The number of hydrogen-bond acceptors (Lipinski definition) is 5. The zero-order valence-corrected chi connectivity index (χ0v) is 17.4. The molecule has 146 valence electrons. The third-order valence-corrected chi connectivity index (χ3v) is 6.72. The second-order valence-corrected chi connectivity index (χ2v) is 9.09. The van der Waals surface area contributed by atoms with Crippen molar-refractivity contribution >= 4 is 48.1 Å².